The Morgan fingerprint density at radius 1 is 1.18 bits per heavy atom. The van der Waals surface area contributed by atoms with Gasteiger partial charge in [0, 0.05) is 10.6 Å². The molecular formula is C16H12F3N3O4S2. The number of amides is 3. The van der Waals surface area contributed by atoms with Crippen molar-refractivity contribution in [1.29, 1.82) is 0 Å². The Balaban J connectivity index is 1.58. The molecule has 148 valence electrons. The van der Waals surface area contributed by atoms with Crippen LogP contribution in [0.25, 0.3) is 0 Å². The van der Waals surface area contributed by atoms with Gasteiger partial charge < -0.3 is 15.4 Å². The smallest absolute Gasteiger partial charge is 0.422 e. The van der Waals surface area contributed by atoms with Gasteiger partial charge in [-0.15, -0.1) is 11.3 Å². The Bertz CT molecular complexity index is 892. The molecule has 0 spiro atoms. The number of fused-ring (bicyclic) bond motifs is 1. The predicted octanol–water partition coefficient (Wildman–Crippen LogP) is 3.66. The molecule has 28 heavy (non-hydrogen) atoms. The van der Waals surface area contributed by atoms with E-state index in [1.807, 2.05) is 24.3 Å². The second-order valence-corrected chi connectivity index (χ2v) is 7.50. The zero-order valence-corrected chi connectivity index (χ0v) is 15.5. The van der Waals surface area contributed by atoms with Crippen LogP contribution in [0.2, 0.25) is 0 Å². The lowest BCUT2D eigenvalue weighted by Crippen LogP contribution is -2.34. The molecule has 2 heterocycles. The van der Waals surface area contributed by atoms with Gasteiger partial charge in [-0.2, -0.15) is 13.2 Å². The van der Waals surface area contributed by atoms with Crippen molar-refractivity contribution in [3.8, 4) is 0 Å². The molecule has 0 bridgehead atoms. The molecule has 1 aliphatic heterocycles. The number of halogens is 3. The number of carbonyl (C=O) groups excluding carboxylic acids is 3. The fourth-order valence-electron chi connectivity index (χ4n) is 2.21. The van der Waals surface area contributed by atoms with Gasteiger partial charge in [-0.3, -0.25) is 14.9 Å². The van der Waals surface area contributed by atoms with Crippen molar-refractivity contribution >= 4 is 51.7 Å². The van der Waals surface area contributed by atoms with Crippen LogP contribution in [-0.4, -0.2) is 36.1 Å². The van der Waals surface area contributed by atoms with Gasteiger partial charge in [-0.05, 0) is 23.6 Å². The van der Waals surface area contributed by atoms with Crippen LogP contribution >= 0.6 is 23.1 Å². The fourth-order valence-corrected chi connectivity index (χ4v) is 4.02. The maximum absolute atomic E-state index is 12.5. The van der Waals surface area contributed by atoms with Crippen LogP contribution in [-0.2, 0) is 9.53 Å². The first-order chi connectivity index (χ1) is 13.2. The monoisotopic (exact) mass is 431 g/mol. The molecule has 3 amide bonds. The summed E-state index contributed by atoms with van der Waals surface area (Å²) < 4.78 is 40.0. The van der Waals surface area contributed by atoms with Crippen LogP contribution < -0.4 is 16.0 Å². The summed E-state index contributed by atoms with van der Waals surface area (Å²) in [6, 6.07) is 8.68. The van der Waals surface area contributed by atoms with Crippen molar-refractivity contribution < 1.29 is 32.3 Å². The van der Waals surface area contributed by atoms with E-state index in [9.17, 15) is 27.6 Å². The SMILES string of the molecule is O=C(NC(=O)c1ccsc1NC(=O)C1Nc2ccccc2S1)OCC(F)(F)F. The third-order valence-corrected chi connectivity index (χ3v) is 5.39. The van der Waals surface area contributed by atoms with Gasteiger partial charge in [-0.1, -0.05) is 23.9 Å². The summed E-state index contributed by atoms with van der Waals surface area (Å²) in [6.07, 6.45) is -6.24. The number of rotatable bonds is 4. The molecule has 1 unspecified atom stereocenters. The summed E-state index contributed by atoms with van der Waals surface area (Å²) in [4.78, 5) is 36.8. The molecule has 1 aliphatic rings. The molecule has 0 aliphatic carbocycles. The summed E-state index contributed by atoms with van der Waals surface area (Å²) in [6.45, 7) is -1.82. The molecule has 12 heteroatoms. The number of alkyl halides is 3. The quantitative estimate of drug-likeness (QED) is 0.684. The number of benzene rings is 1. The number of para-hydroxylation sites is 1. The number of thiophene rings is 1. The summed E-state index contributed by atoms with van der Waals surface area (Å²) in [5.41, 5.74) is 0.743. The largest absolute Gasteiger partial charge is 0.440 e. The molecule has 0 saturated carbocycles. The van der Waals surface area contributed by atoms with Gasteiger partial charge in [0.25, 0.3) is 11.8 Å². The maximum atomic E-state index is 12.5. The van der Waals surface area contributed by atoms with Gasteiger partial charge in [0.1, 0.15) is 5.00 Å². The van der Waals surface area contributed by atoms with Crippen LogP contribution in [0.4, 0.5) is 28.7 Å². The minimum atomic E-state index is -4.70. The van der Waals surface area contributed by atoms with E-state index in [0.717, 1.165) is 21.9 Å². The number of alkyl carbamates (subject to hydrolysis) is 1. The molecule has 1 aromatic carbocycles. The Morgan fingerprint density at radius 3 is 2.64 bits per heavy atom. The average Bonchev–Trinajstić information content (AvgIpc) is 3.25. The number of carbonyl (C=O) groups is 3. The average molecular weight is 431 g/mol. The second kappa shape index (κ2) is 8.10. The second-order valence-electron chi connectivity index (χ2n) is 5.44. The summed E-state index contributed by atoms with van der Waals surface area (Å²) in [5.74, 6) is -1.41. The van der Waals surface area contributed by atoms with Crippen LogP contribution in [0.5, 0.6) is 0 Å². The third-order valence-electron chi connectivity index (χ3n) is 3.39. The van der Waals surface area contributed by atoms with Crippen LogP contribution in [0.15, 0.2) is 40.6 Å². The molecule has 1 atom stereocenters. The summed E-state index contributed by atoms with van der Waals surface area (Å²) >= 11 is 2.33. The third kappa shape index (κ3) is 4.95. The van der Waals surface area contributed by atoms with E-state index in [-0.39, 0.29) is 10.6 Å². The minimum Gasteiger partial charge on any atom is -0.440 e. The zero-order chi connectivity index (χ0) is 20.3. The van der Waals surface area contributed by atoms with E-state index in [1.165, 1.54) is 23.2 Å². The maximum Gasteiger partial charge on any atom is 0.422 e. The zero-order valence-electron chi connectivity index (χ0n) is 13.8. The first kappa shape index (κ1) is 20.0. The summed E-state index contributed by atoms with van der Waals surface area (Å²) in [5, 5.41) is 8.33. The molecule has 0 fully saturated rings. The highest BCUT2D eigenvalue weighted by Gasteiger charge is 2.31. The molecule has 3 rings (SSSR count). The standard InChI is InChI=1S/C16H12F3N3O4S2/c17-16(18,19)7-26-15(25)22-11(23)8-5-6-27-13(8)21-12(24)14-20-9-3-1-2-4-10(9)28-14/h1-6,14,20H,7H2,(H,21,24)(H,22,23,25). The molecule has 0 saturated heterocycles. The first-order valence-electron chi connectivity index (χ1n) is 7.68. The lowest BCUT2D eigenvalue weighted by atomic mass is 10.3. The van der Waals surface area contributed by atoms with E-state index in [1.54, 1.807) is 5.32 Å². The number of thioether (sulfide) groups is 1. The van der Waals surface area contributed by atoms with Crippen LogP contribution in [0, 0.1) is 0 Å². The highest BCUT2D eigenvalue weighted by molar-refractivity contribution is 8.01. The van der Waals surface area contributed by atoms with Gasteiger partial charge in [-0.25, -0.2) is 4.79 Å². The Hall–Kier alpha value is -2.73. The van der Waals surface area contributed by atoms with Crippen molar-refractivity contribution in [2.45, 2.75) is 16.4 Å². The highest BCUT2D eigenvalue weighted by Crippen LogP contribution is 2.38. The topological polar surface area (TPSA) is 96.5 Å². The minimum absolute atomic E-state index is 0.0668. The number of hydrogen-bond donors (Lipinski definition) is 3. The van der Waals surface area contributed by atoms with Crippen molar-refractivity contribution in [3.63, 3.8) is 0 Å². The van der Waals surface area contributed by atoms with Crippen molar-refractivity contribution in [2.24, 2.45) is 0 Å². The van der Waals surface area contributed by atoms with Crippen molar-refractivity contribution in [2.75, 3.05) is 17.2 Å². The molecule has 1 aromatic heterocycles. The van der Waals surface area contributed by atoms with Crippen molar-refractivity contribution in [3.05, 3.63) is 41.3 Å². The molecule has 2 aromatic rings. The number of hydrogen-bond acceptors (Lipinski definition) is 7. The van der Waals surface area contributed by atoms with Gasteiger partial charge >= 0.3 is 12.3 Å². The molecule has 3 N–H and O–H groups in total. The van der Waals surface area contributed by atoms with Gasteiger partial charge in [0.15, 0.2) is 12.0 Å². The molecule has 7 nitrogen and oxygen atoms in total. The summed E-state index contributed by atoms with van der Waals surface area (Å²) in [7, 11) is 0. The number of imide groups is 1. The molecule has 0 radical (unpaired) electrons. The lowest BCUT2D eigenvalue weighted by molar-refractivity contribution is -0.160. The molecular weight excluding hydrogens is 419 g/mol. The van der Waals surface area contributed by atoms with Crippen molar-refractivity contribution in [1.82, 2.24) is 5.32 Å². The Labute approximate surface area is 164 Å². The fraction of sp³-hybridized carbons (Fsp3) is 0.188. The number of ether oxygens (including phenoxy) is 1. The van der Waals surface area contributed by atoms with Crippen LogP contribution in [0.3, 0.4) is 0 Å². The van der Waals surface area contributed by atoms with E-state index in [0.29, 0.717) is 0 Å². The highest BCUT2D eigenvalue weighted by atomic mass is 32.2. The Kier molecular flexibility index (Phi) is 5.79. The van der Waals surface area contributed by atoms with E-state index < -0.39 is 36.1 Å². The Morgan fingerprint density at radius 2 is 1.93 bits per heavy atom. The van der Waals surface area contributed by atoms with E-state index in [4.69, 9.17) is 0 Å². The lowest BCUT2D eigenvalue weighted by Gasteiger charge is -2.12. The van der Waals surface area contributed by atoms with E-state index >= 15 is 0 Å². The number of nitrogens with one attached hydrogen (secondary N) is 3. The van der Waals surface area contributed by atoms with Gasteiger partial charge in [0.05, 0.1) is 5.56 Å². The van der Waals surface area contributed by atoms with Crippen LogP contribution in [0.1, 0.15) is 10.4 Å². The first-order valence-corrected chi connectivity index (χ1v) is 9.44. The van der Waals surface area contributed by atoms with Gasteiger partial charge in [0.2, 0.25) is 0 Å². The predicted molar refractivity (Wildman–Crippen MR) is 97.5 cm³/mol. The number of anilines is 2. The van der Waals surface area contributed by atoms with E-state index in [2.05, 4.69) is 15.4 Å². The normalized spacial score (nSPS) is 15.3.